The number of halogens is 1. The van der Waals surface area contributed by atoms with Crippen LogP contribution in [0.25, 0.3) is 5.70 Å². The fourth-order valence-electron chi connectivity index (χ4n) is 4.03. The largest absolute Gasteiger partial charge is 0.490 e. The Morgan fingerprint density at radius 3 is 2.52 bits per heavy atom. The first-order valence-corrected chi connectivity index (χ1v) is 12.0. The lowest BCUT2D eigenvalue weighted by Crippen LogP contribution is -2.37. The number of nitrogens with zero attached hydrogens (tertiary/aromatic N) is 2. The number of benzene rings is 1. The zero-order valence-corrected chi connectivity index (χ0v) is 20.1. The van der Waals surface area contributed by atoms with Crippen LogP contribution in [0.4, 0.5) is 0 Å². The van der Waals surface area contributed by atoms with Crippen LogP contribution in [0.3, 0.4) is 0 Å². The van der Waals surface area contributed by atoms with E-state index in [9.17, 15) is 10.4 Å². The smallest absolute Gasteiger partial charge is 0.161 e. The number of aliphatic hydroxyl groups excluding tert-OH is 1. The predicted octanol–water partition coefficient (Wildman–Crippen LogP) is 3.82. The summed E-state index contributed by atoms with van der Waals surface area (Å²) in [5.41, 5.74) is 2.97. The van der Waals surface area contributed by atoms with E-state index < -0.39 is 6.10 Å². The van der Waals surface area contributed by atoms with Crippen molar-refractivity contribution >= 4 is 29.9 Å². The van der Waals surface area contributed by atoms with E-state index in [4.69, 9.17) is 9.47 Å². The molecule has 172 valence electrons. The molecular formula is C23H34ClN3O3S. The van der Waals surface area contributed by atoms with Crippen molar-refractivity contribution in [3.8, 4) is 17.6 Å². The molecule has 0 saturated carbocycles. The summed E-state index contributed by atoms with van der Waals surface area (Å²) >= 11 is 1.43. The van der Waals surface area contributed by atoms with Crippen molar-refractivity contribution in [2.24, 2.45) is 0 Å². The van der Waals surface area contributed by atoms with Gasteiger partial charge in [0.25, 0.3) is 0 Å². The minimum atomic E-state index is -0.445. The van der Waals surface area contributed by atoms with Crippen molar-refractivity contribution in [2.75, 3.05) is 45.1 Å². The number of hydrogen-bond acceptors (Lipinski definition) is 7. The molecular weight excluding hydrogens is 434 g/mol. The van der Waals surface area contributed by atoms with Gasteiger partial charge in [-0.05, 0) is 63.9 Å². The molecule has 0 spiro atoms. The molecule has 0 bridgehead atoms. The number of allylic oxidation sites excluding steroid dienone is 1. The van der Waals surface area contributed by atoms with E-state index in [1.54, 1.807) is 0 Å². The van der Waals surface area contributed by atoms with Crippen molar-refractivity contribution < 1.29 is 14.6 Å². The normalized spacial score (nSPS) is 18.6. The van der Waals surface area contributed by atoms with Gasteiger partial charge < -0.3 is 24.8 Å². The van der Waals surface area contributed by atoms with E-state index in [1.807, 2.05) is 26.0 Å². The van der Waals surface area contributed by atoms with Crippen LogP contribution in [0.2, 0.25) is 0 Å². The van der Waals surface area contributed by atoms with Crippen LogP contribution in [0.15, 0.2) is 17.0 Å². The summed E-state index contributed by atoms with van der Waals surface area (Å²) in [5, 5.41) is 23.7. The maximum Gasteiger partial charge on any atom is 0.161 e. The standard InChI is InChI=1S/C23H33N3O3S.ClH/c1-3-28-20-12-17-8-9-25-23(19(17)13-21(20)29-4-2)22(14-24)30-16-18(27)15-26-10-6-5-7-11-26;/h12-13,18,25,27H,3-11,15-16H2,1-2H3;1H. The van der Waals surface area contributed by atoms with Crippen LogP contribution in [0.1, 0.15) is 44.2 Å². The first-order chi connectivity index (χ1) is 14.7. The average molecular weight is 468 g/mol. The van der Waals surface area contributed by atoms with Gasteiger partial charge in [0.05, 0.1) is 25.0 Å². The maximum atomic E-state index is 10.5. The van der Waals surface area contributed by atoms with Gasteiger partial charge in [-0.25, -0.2) is 0 Å². The SMILES string of the molecule is CCOc1cc2c(cc1OCC)C(=C(C#N)SCC(O)CN1CCCCC1)NCC2.Cl. The van der Waals surface area contributed by atoms with Crippen LogP contribution in [-0.2, 0) is 6.42 Å². The Kier molecular flexibility index (Phi) is 10.8. The van der Waals surface area contributed by atoms with Gasteiger partial charge in [0.2, 0.25) is 0 Å². The number of aliphatic hydroxyl groups is 1. The van der Waals surface area contributed by atoms with Crippen molar-refractivity contribution in [2.45, 2.75) is 45.6 Å². The lowest BCUT2D eigenvalue weighted by molar-refractivity contribution is 0.117. The first kappa shape index (κ1) is 25.7. The number of nitrogens with one attached hydrogen (secondary N) is 1. The summed E-state index contributed by atoms with van der Waals surface area (Å²) in [6.07, 6.45) is 4.12. The molecule has 0 aromatic heterocycles. The molecule has 2 aliphatic heterocycles. The number of rotatable bonds is 9. The average Bonchev–Trinajstić information content (AvgIpc) is 2.76. The Hall–Kier alpha value is -1.59. The molecule has 0 amide bonds. The zero-order valence-electron chi connectivity index (χ0n) is 18.5. The summed E-state index contributed by atoms with van der Waals surface area (Å²) in [6, 6.07) is 6.36. The van der Waals surface area contributed by atoms with Crippen LogP contribution in [0.5, 0.6) is 11.5 Å². The van der Waals surface area contributed by atoms with Crippen molar-refractivity contribution in [1.82, 2.24) is 10.2 Å². The Morgan fingerprint density at radius 1 is 1.19 bits per heavy atom. The zero-order chi connectivity index (χ0) is 21.3. The third-order valence-corrected chi connectivity index (χ3v) is 6.54. The third kappa shape index (κ3) is 6.95. The lowest BCUT2D eigenvalue weighted by atomic mass is 9.97. The molecule has 1 aromatic rings. The Labute approximate surface area is 196 Å². The molecule has 1 unspecified atom stereocenters. The van der Waals surface area contributed by atoms with Gasteiger partial charge in [0.1, 0.15) is 11.0 Å². The van der Waals surface area contributed by atoms with Gasteiger partial charge in [-0.3, -0.25) is 0 Å². The molecule has 2 N–H and O–H groups in total. The van der Waals surface area contributed by atoms with Gasteiger partial charge in [0, 0.05) is 24.4 Å². The highest BCUT2D eigenvalue weighted by molar-refractivity contribution is 8.03. The second-order valence-corrected chi connectivity index (χ2v) is 8.67. The molecule has 1 saturated heterocycles. The fourth-order valence-corrected chi connectivity index (χ4v) is 4.89. The second-order valence-electron chi connectivity index (χ2n) is 7.64. The van der Waals surface area contributed by atoms with Gasteiger partial charge in [-0.1, -0.05) is 6.42 Å². The third-order valence-electron chi connectivity index (χ3n) is 5.40. The summed E-state index contributed by atoms with van der Waals surface area (Å²) in [5.74, 6) is 1.96. The first-order valence-electron chi connectivity index (χ1n) is 11.0. The minimum absolute atomic E-state index is 0. The number of hydrogen-bond donors (Lipinski definition) is 2. The summed E-state index contributed by atoms with van der Waals surface area (Å²) in [4.78, 5) is 2.94. The molecule has 1 atom stereocenters. The number of nitriles is 1. The molecule has 3 rings (SSSR count). The highest BCUT2D eigenvalue weighted by Crippen LogP contribution is 2.38. The van der Waals surface area contributed by atoms with Gasteiger partial charge in [0.15, 0.2) is 11.5 Å². The van der Waals surface area contributed by atoms with E-state index in [0.29, 0.717) is 36.2 Å². The highest BCUT2D eigenvalue weighted by atomic mass is 35.5. The number of β-amino-alcohol motifs (C(OH)–C–C–N with tert-alkyl or cyclic N) is 1. The van der Waals surface area contributed by atoms with E-state index in [2.05, 4.69) is 16.3 Å². The summed E-state index contributed by atoms with van der Waals surface area (Å²) < 4.78 is 11.5. The summed E-state index contributed by atoms with van der Waals surface area (Å²) in [6.45, 7) is 8.60. The van der Waals surface area contributed by atoms with Gasteiger partial charge in [-0.15, -0.1) is 24.2 Å². The van der Waals surface area contributed by atoms with E-state index in [0.717, 1.165) is 48.6 Å². The maximum absolute atomic E-state index is 10.5. The number of fused-ring (bicyclic) bond motifs is 1. The van der Waals surface area contributed by atoms with Crippen LogP contribution in [0, 0.1) is 11.3 Å². The highest BCUT2D eigenvalue weighted by Gasteiger charge is 2.23. The van der Waals surface area contributed by atoms with Crippen LogP contribution in [-0.4, -0.2) is 61.3 Å². The number of likely N-dealkylation sites (tertiary alicyclic amines) is 1. The lowest BCUT2D eigenvalue weighted by Gasteiger charge is -2.28. The number of piperidine rings is 1. The second kappa shape index (κ2) is 13.1. The monoisotopic (exact) mass is 467 g/mol. The molecule has 31 heavy (non-hydrogen) atoms. The molecule has 6 nitrogen and oxygen atoms in total. The molecule has 2 heterocycles. The van der Waals surface area contributed by atoms with Crippen LogP contribution >= 0.6 is 24.2 Å². The molecule has 0 radical (unpaired) electrons. The number of thioether (sulfide) groups is 1. The van der Waals surface area contributed by atoms with E-state index in [-0.39, 0.29) is 12.4 Å². The van der Waals surface area contributed by atoms with Gasteiger partial charge >= 0.3 is 0 Å². The topological polar surface area (TPSA) is 77.8 Å². The molecule has 1 fully saturated rings. The van der Waals surface area contributed by atoms with E-state index in [1.165, 1.54) is 31.0 Å². The van der Waals surface area contributed by atoms with E-state index >= 15 is 0 Å². The Bertz CT molecular complexity index is 791. The molecule has 2 aliphatic rings. The predicted molar refractivity (Wildman–Crippen MR) is 129 cm³/mol. The van der Waals surface area contributed by atoms with Crippen molar-refractivity contribution in [1.29, 1.82) is 5.26 Å². The molecule has 1 aromatic carbocycles. The van der Waals surface area contributed by atoms with Crippen LogP contribution < -0.4 is 14.8 Å². The number of ether oxygens (including phenoxy) is 2. The molecule has 0 aliphatic carbocycles. The Balaban J connectivity index is 0.00000341. The minimum Gasteiger partial charge on any atom is -0.490 e. The van der Waals surface area contributed by atoms with Crippen molar-refractivity contribution in [3.05, 3.63) is 28.2 Å². The quantitative estimate of drug-likeness (QED) is 0.534. The molecule has 8 heteroatoms. The van der Waals surface area contributed by atoms with Crippen molar-refractivity contribution in [3.63, 3.8) is 0 Å². The fraction of sp³-hybridized carbons (Fsp3) is 0.609. The summed E-state index contributed by atoms with van der Waals surface area (Å²) in [7, 11) is 0. The Morgan fingerprint density at radius 2 is 1.87 bits per heavy atom. The van der Waals surface area contributed by atoms with Gasteiger partial charge in [-0.2, -0.15) is 5.26 Å².